The molecule has 0 saturated carbocycles. The van der Waals surface area contributed by atoms with Gasteiger partial charge in [0.25, 0.3) is 0 Å². The summed E-state index contributed by atoms with van der Waals surface area (Å²) in [6, 6.07) is 6.43. The average Bonchev–Trinajstić information content (AvgIpc) is 2.29. The second-order valence-corrected chi connectivity index (χ2v) is 5.52. The molecule has 1 unspecified atom stereocenters. The first kappa shape index (κ1) is 14.8. The summed E-state index contributed by atoms with van der Waals surface area (Å²) in [5.41, 5.74) is 1.22. The number of rotatable bonds is 6. The van der Waals surface area contributed by atoms with Crippen LogP contribution in [0.3, 0.4) is 0 Å². The molecule has 0 heterocycles. The molecule has 1 aromatic rings. The number of alkyl halides is 1. The summed E-state index contributed by atoms with van der Waals surface area (Å²) in [4.78, 5) is 0. The molecule has 1 aromatic carbocycles. The number of nitrogens with one attached hydrogen (secondary N) is 1. The van der Waals surface area contributed by atoms with Gasteiger partial charge in [-0.3, -0.25) is 0 Å². The zero-order valence-corrected chi connectivity index (χ0v) is 12.8. The van der Waals surface area contributed by atoms with E-state index in [-0.39, 0.29) is 0 Å². The normalized spacial score (nSPS) is 12.8. The Morgan fingerprint density at radius 3 is 2.59 bits per heavy atom. The van der Waals surface area contributed by atoms with E-state index >= 15 is 0 Å². The number of methoxy groups -OCH3 is 1. The van der Waals surface area contributed by atoms with Crippen LogP contribution < -0.4 is 10.1 Å². The third-order valence-electron chi connectivity index (χ3n) is 2.76. The molecule has 0 aliphatic carbocycles. The molecule has 0 bridgehead atoms. The van der Waals surface area contributed by atoms with Crippen LogP contribution in [0.25, 0.3) is 0 Å². The van der Waals surface area contributed by atoms with Gasteiger partial charge in [-0.25, -0.2) is 0 Å². The minimum absolute atomic E-state index is 0.345. The van der Waals surface area contributed by atoms with Crippen LogP contribution in [0.2, 0.25) is 0 Å². The van der Waals surface area contributed by atoms with Gasteiger partial charge in [-0.2, -0.15) is 0 Å². The van der Waals surface area contributed by atoms with Crippen molar-refractivity contribution in [2.75, 3.05) is 13.0 Å². The minimum Gasteiger partial charge on any atom is -0.496 e. The molecular weight excluding hydrogens is 302 g/mol. The molecule has 0 aliphatic heterocycles. The highest BCUT2D eigenvalue weighted by molar-refractivity contribution is 9.10. The Labute approximate surface area is 117 Å². The molecule has 0 spiro atoms. The van der Waals surface area contributed by atoms with Crippen LogP contribution in [-0.2, 0) is 6.54 Å². The van der Waals surface area contributed by atoms with E-state index in [1.165, 1.54) is 5.56 Å². The van der Waals surface area contributed by atoms with Crippen LogP contribution in [0.15, 0.2) is 22.7 Å². The van der Waals surface area contributed by atoms with E-state index in [1.54, 1.807) is 7.11 Å². The van der Waals surface area contributed by atoms with Crippen molar-refractivity contribution in [2.24, 2.45) is 5.92 Å². The van der Waals surface area contributed by atoms with Crippen molar-refractivity contribution >= 4 is 27.5 Å². The van der Waals surface area contributed by atoms with Crippen LogP contribution in [0, 0.1) is 5.92 Å². The van der Waals surface area contributed by atoms with Crippen molar-refractivity contribution in [1.29, 1.82) is 0 Å². The third kappa shape index (κ3) is 4.49. The van der Waals surface area contributed by atoms with E-state index in [1.807, 2.05) is 6.07 Å². The number of halogens is 2. The molecule has 0 aromatic heterocycles. The van der Waals surface area contributed by atoms with Crippen LogP contribution in [-0.4, -0.2) is 19.0 Å². The average molecular weight is 321 g/mol. The maximum atomic E-state index is 5.92. The maximum Gasteiger partial charge on any atom is 0.133 e. The zero-order chi connectivity index (χ0) is 12.8. The smallest absolute Gasteiger partial charge is 0.133 e. The van der Waals surface area contributed by atoms with E-state index < -0.39 is 0 Å². The number of benzene rings is 1. The summed E-state index contributed by atoms with van der Waals surface area (Å²) in [5.74, 6) is 2.02. The highest BCUT2D eigenvalue weighted by Gasteiger charge is 2.11. The lowest BCUT2D eigenvalue weighted by molar-refractivity contribution is 0.411. The predicted molar refractivity (Wildman–Crippen MR) is 76.9 cm³/mol. The Hall–Kier alpha value is -0.250. The first-order chi connectivity index (χ1) is 8.08. The van der Waals surface area contributed by atoms with Crippen molar-refractivity contribution in [3.63, 3.8) is 0 Å². The predicted octanol–water partition coefficient (Wildman–Crippen LogP) is 3.81. The lowest BCUT2D eigenvalue weighted by Crippen LogP contribution is -2.34. The molecule has 1 rings (SSSR count). The van der Waals surface area contributed by atoms with Gasteiger partial charge in [0.2, 0.25) is 0 Å². The van der Waals surface area contributed by atoms with Gasteiger partial charge in [-0.15, -0.1) is 11.6 Å². The molecule has 96 valence electrons. The minimum atomic E-state index is 0.345. The fraction of sp³-hybridized carbons (Fsp3) is 0.538. The highest BCUT2D eigenvalue weighted by atomic mass is 79.9. The SMILES string of the molecule is COc1ccc(CNC(CCl)C(C)C)cc1Br. The zero-order valence-electron chi connectivity index (χ0n) is 10.5. The number of hydrogen-bond donors (Lipinski definition) is 1. The lowest BCUT2D eigenvalue weighted by atomic mass is 10.1. The fourth-order valence-corrected chi connectivity index (χ4v) is 2.59. The topological polar surface area (TPSA) is 21.3 Å². The summed E-state index contributed by atoms with van der Waals surface area (Å²) in [6.07, 6.45) is 0. The molecular formula is C13H19BrClNO. The molecule has 0 saturated heterocycles. The lowest BCUT2D eigenvalue weighted by Gasteiger charge is -2.20. The molecule has 1 atom stereocenters. The Kier molecular flexibility index (Phi) is 6.31. The summed E-state index contributed by atoms with van der Waals surface area (Å²) in [6.45, 7) is 5.16. The monoisotopic (exact) mass is 319 g/mol. The van der Waals surface area contributed by atoms with E-state index in [9.17, 15) is 0 Å². The Morgan fingerprint density at radius 2 is 2.12 bits per heavy atom. The maximum absolute atomic E-state index is 5.92. The van der Waals surface area contributed by atoms with Crippen LogP contribution >= 0.6 is 27.5 Å². The first-order valence-electron chi connectivity index (χ1n) is 5.70. The fourth-order valence-electron chi connectivity index (χ4n) is 1.54. The van der Waals surface area contributed by atoms with E-state index in [2.05, 4.69) is 47.2 Å². The molecule has 0 radical (unpaired) electrons. The van der Waals surface area contributed by atoms with Gasteiger partial charge in [-0.05, 0) is 39.5 Å². The van der Waals surface area contributed by atoms with E-state index in [4.69, 9.17) is 16.3 Å². The second kappa shape index (κ2) is 7.24. The first-order valence-corrected chi connectivity index (χ1v) is 7.03. The standard InChI is InChI=1S/C13H19BrClNO/c1-9(2)12(7-15)16-8-10-4-5-13(17-3)11(14)6-10/h4-6,9,12,16H,7-8H2,1-3H3. The van der Waals surface area contributed by atoms with Crippen molar-refractivity contribution in [1.82, 2.24) is 5.32 Å². The van der Waals surface area contributed by atoms with Crippen LogP contribution in [0.4, 0.5) is 0 Å². The number of ether oxygens (including phenoxy) is 1. The second-order valence-electron chi connectivity index (χ2n) is 4.35. The third-order valence-corrected chi connectivity index (χ3v) is 3.71. The molecule has 4 heteroatoms. The summed E-state index contributed by atoms with van der Waals surface area (Å²) >= 11 is 9.40. The largest absolute Gasteiger partial charge is 0.496 e. The van der Waals surface area contributed by atoms with Gasteiger partial charge < -0.3 is 10.1 Å². The van der Waals surface area contributed by atoms with Gasteiger partial charge in [-0.1, -0.05) is 19.9 Å². The highest BCUT2D eigenvalue weighted by Crippen LogP contribution is 2.25. The van der Waals surface area contributed by atoms with Gasteiger partial charge >= 0.3 is 0 Å². The quantitative estimate of drug-likeness (QED) is 0.805. The van der Waals surface area contributed by atoms with Crippen molar-refractivity contribution < 1.29 is 4.74 Å². The van der Waals surface area contributed by atoms with Gasteiger partial charge in [0.1, 0.15) is 5.75 Å². The Bertz CT molecular complexity index is 357. The van der Waals surface area contributed by atoms with Crippen LogP contribution in [0.1, 0.15) is 19.4 Å². The van der Waals surface area contributed by atoms with E-state index in [0.717, 1.165) is 16.8 Å². The van der Waals surface area contributed by atoms with Crippen molar-refractivity contribution in [3.8, 4) is 5.75 Å². The molecule has 0 aliphatic rings. The van der Waals surface area contributed by atoms with Gasteiger partial charge in [0, 0.05) is 18.5 Å². The van der Waals surface area contributed by atoms with E-state index in [0.29, 0.717) is 17.8 Å². The summed E-state index contributed by atoms with van der Waals surface area (Å²) in [7, 11) is 1.67. The molecule has 1 N–H and O–H groups in total. The van der Waals surface area contributed by atoms with Gasteiger partial charge in [0.15, 0.2) is 0 Å². The number of hydrogen-bond acceptors (Lipinski definition) is 2. The summed E-state index contributed by atoms with van der Waals surface area (Å²) < 4.78 is 6.17. The Morgan fingerprint density at radius 1 is 1.41 bits per heavy atom. The molecule has 17 heavy (non-hydrogen) atoms. The Balaban J connectivity index is 2.60. The summed E-state index contributed by atoms with van der Waals surface area (Å²) in [5, 5.41) is 3.46. The van der Waals surface area contributed by atoms with Crippen molar-refractivity contribution in [3.05, 3.63) is 28.2 Å². The van der Waals surface area contributed by atoms with Crippen molar-refractivity contribution in [2.45, 2.75) is 26.4 Å². The molecule has 0 amide bonds. The molecule has 2 nitrogen and oxygen atoms in total. The van der Waals surface area contributed by atoms with Crippen LogP contribution in [0.5, 0.6) is 5.75 Å². The molecule has 0 fully saturated rings. The van der Waals surface area contributed by atoms with Gasteiger partial charge in [0.05, 0.1) is 11.6 Å².